The summed E-state index contributed by atoms with van der Waals surface area (Å²) in [5, 5.41) is 0. The topological polar surface area (TPSA) is 37.4 Å². The minimum Gasteiger partial charge on any atom is -0.207 e. The lowest BCUT2D eigenvalue weighted by Gasteiger charge is -2.17. The lowest BCUT2D eigenvalue weighted by atomic mass is 10.2. The van der Waals surface area contributed by atoms with Crippen LogP contribution in [-0.2, 0) is 10.0 Å². The van der Waals surface area contributed by atoms with Gasteiger partial charge in [0, 0.05) is 19.0 Å². The van der Waals surface area contributed by atoms with Gasteiger partial charge in [0.15, 0.2) is 0 Å². The van der Waals surface area contributed by atoms with E-state index >= 15 is 0 Å². The Hall–Kier alpha value is -0.580. The summed E-state index contributed by atoms with van der Waals surface area (Å²) < 4.78 is 26.3. The summed E-state index contributed by atoms with van der Waals surface area (Å²) in [6, 6.07) is 7.09. The van der Waals surface area contributed by atoms with Crippen molar-refractivity contribution < 1.29 is 8.42 Å². The van der Waals surface area contributed by atoms with Gasteiger partial charge in [-0.15, -0.1) is 11.6 Å². The van der Waals surface area contributed by atoms with E-state index in [-0.39, 0.29) is 5.92 Å². The summed E-state index contributed by atoms with van der Waals surface area (Å²) in [5.41, 5.74) is 0.793. The molecule has 0 N–H and O–H groups in total. The fourth-order valence-electron chi connectivity index (χ4n) is 2.13. The maximum absolute atomic E-state index is 12.4. The first kappa shape index (κ1) is 12.9. The van der Waals surface area contributed by atoms with Crippen molar-refractivity contribution in [3.05, 3.63) is 29.8 Å². The zero-order valence-corrected chi connectivity index (χ0v) is 11.3. The lowest BCUT2D eigenvalue weighted by Crippen LogP contribution is -2.29. The molecule has 1 fully saturated rings. The van der Waals surface area contributed by atoms with E-state index in [2.05, 4.69) is 0 Å². The number of rotatable bonds is 3. The van der Waals surface area contributed by atoms with Gasteiger partial charge in [0.1, 0.15) is 0 Å². The van der Waals surface area contributed by atoms with Crippen molar-refractivity contribution in [1.82, 2.24) is 4.31 Å². The van der Waals surface area contributed by atoms with E-state index in [0.29, 0.717) is 23.9 Å². The summed E-state index contributed by atoms with van der Waals surface area (Å²) in [5.74, 6) is 0.815. The Balaban J connectivity index is 2.29. The zero-order chi connectivity index (χ0) is 12.5. The molecule has 0 saturated carbocycles. The average molecular weight is 274 g/mol. The first-order valence-corrected chi connectivity index (χ1v) is 7.65. The minimum atomic E-state index is -3.34. The lowest BCUT2D eigenvalue weighted by molar-refractivity contribution is 0.465. The van der Waals surface area contributed by atoms with E-state index in [1.165, 1.54) is 0 Å². The first-order chi connectivity index (χ1) is 8.05. The van der Waals surface area contributed by atoms with E-state index in [4.69, 9.17) is 11.6 Å². The normalized spacial score (nSPS) is 21.9. The molecule has 1 aliphatic rings. The summed E-state index contributed by atoms with van der Waals surface area (Å²) in [7, 11) is -3.34. The van der Waals surface area contributed by atoms with E-state index < -0.39 is 10.0 Å². The number of hydrogen-bond acceptors (Lipinski definition) is 2. The van der Waals surface area contributed by atoms with Crippen molar-refractivity contribution in [2.75, 3.05) is 19.0 Å². The minimum absolute atomic E-state index is 0.287. The maximum atomic E-state index is 12.4. The number of alkyl halides is 1. The van der Waals surface area contributed by atoms with Crippen LogP contribution in [0.15, 0.2) is 29.2 Å². The van der Waals surface area contributed by atoms with E-state index in [1.807, 2.05) is 19.1 Å². The Morgan fingerprint density at radius 2 is 2.12 bits per heavy atom. The molecule has 0 spiro atoms. The largest absolute Gasteiger partial charge is 0.243 e. The molecular formula is C12H16ClNO2S. The molecule has 0 amide bonds. The Kier molecular flexibility index (Phi) is 3.76. The maximum Gasteiger partial charge on any atom is 0.243 e. The second kappa shape index (κ2) is 4.96. The van der Waals surface area contributed by atoms with Crippen molar-refractivity contribution in [3.63, 3.8) is 0 Å². The van der Waals surface area contributed by atoms with Crippen LogP contribution in [0.4, 0.5) is 0 Å². The van der Waals surface area contributed by atoms with Crippen LogP contribution in [0.5, 0.6) is 0 Å². The molecule has 1 aromatic rings. The van der Waals surface area contributed by atoms with Gasteiger partial charge in [-0.2, -0.15) is 4.31 Å². The molecule has 1 saturated heterocycles. The Morgan fingerprint density at radius 1 is 1.41 bits per heavy atom. The molecule has 3 nitrogen and oxygen atoms in total. The fourth-order valence-corrected chi connectivity index (χ4v) is 4.13. The van der Waals surface area contributed by atoms with Crippen LogP contribution in [0.2, 0.25) is 0 Å². The van der Waals surface area contributed by atoms with Crippen molar-refractivity contribution in [2.24, 2.45) is 5.92 Å². The smallest absolute Gasteiger partial charge is 0.207 e. The molecule has 0 radical (unpaired) electrons. The van der Waals surface area contributed by atoms with Crippen LogP contribution in [0, 0.1) is 12.8 Å². The number of sulfonamides is 1. The van der Waals surface area contributed by atoms with Crippen molar-refractivity contribution >= 4 is 21.6 Å². The van der Waals surface area contributed by atoms with Crippen LogP contribution in [0.1, 0.15) is 12.0 Å². The SMILES string of the molecule is Cc1ccccc1S(=O)(=O)N1CCC(CCl)C1. The summed E-state index contributed by atoms with van der Waals surface area (Å²) in [6.07, 6.45) is 0.856. The van der Waals surface area contributed by atoms with Crippen molar-refractivity contribution in [1.29, 1.82) is 0 Å². The van der Waals surface area contributed by atoms with Gasteiger partial charge >= 0.3 is 0 Å². The van der Waals surface area contributed by atoms with Crippen molar-refractivity contribution in [2.45, 2.75) is 18.2 Å². The molecule has 1 heterocycles. The van der Waals surface area contributed by atoms with Gasteiger partial charge in [-0.05, 0) is 30.9 Å². The van der Waals surface area contributed by atoms with Gasteiger partial charge < -0.3 is 0 Å². The summed E-state index contributed by atoms with van der Waals surface area (Å²) in [4.78, 5) is 0.412. The molecule has 0 aliphatic carbocycles. The molecule has 1 atom stereocenters. The molecule has 0 bridgehead atoms. The van der Waals surface area contributed by atoms with Gasteiger partial charge in [0.25, 0.3) is 0 Å². The highest BCUT2D eigenvalue weighted by atomic mass is 35.5. The summed E-state index contributed by atoms with van der Waals surface area (Å²) in [6.45, 7) is 2.94. The van der Waals surface area contributed by atoms with Crippen LogP contribution < -0.4 is 0 Å². The molecular weight excluding hydrogens is 258 g/mol. The average Bonchev–Trinajstić information content (AvgIpc) is 2.78. The number of aryl methyl sites for hydroxylation is 1. The Morgan fingerprint density at radius 3 is 2.71 bits per heavy atom. The monoisotopic (exact) mass is 273 g/mol. The third kappa shape index (κ3) is 2.49. The number of halogens is 1. The van der Waals surface area contributed by atoms with Gasteiger partial charge in [0.2, 0.25) is 10.0 Å². The molecule has 1 unspecified atom stereocenters. The van der Waals surface area contributed by atoms with Crippen LogP contribution >= 0.6 is 11.6 Å². The van der Waals surface area contributed by atoms with E-state index in [9.17, 15) is 8.42 Å². The second-order valence-electron chi connectivity index (χ2n) is 4.44. The number of benzene rings is 1. The van der Waals surface area contributed by atoms with E-state index in [0.717, 1.165) is 12.0 Å². The third-order valence-corrected chi connectivity index (χ3v) is 5.64. The van der Waals surface area contributed by atoms with Crippen LogP contribution in [-0.4, -0.2) is 31.7 Å². The predicted molar refractivity (Wildman–Crippen MR) is 68.8 cm³/mol. The Bertz CT molecular complexity index is 501. The van der Waals surface area contributed by atoms with Crippen molar-refractivity contribution in [3.8, 4) is 0 Å². The summed E-state index contributed by atoms with van der Waals surface area (Å²) >= 11 is 5.78. The molecule has 17 heavy (non-hydrogen) atoms. The van der Waals surface area contributed by atoms with E-state index in [1.54, 1.807) is 16.4 Å². The molecule has 94 valence electrons. The third-order valence-electron chi connectivity index (χ3n) is 3.18. The molecule has 1 aromatic carbocycles. The molecule has 5 heteroatoms. The van der Waals surface area contributed by atoms with Gasteiger partial charge in [0.05, 0.1) is 4.90 Å². The number of hydrogen-bond donors (Lipinski definition) is 0. The molecule has 0 aromatic heterocycles. The van der Waals surface area contributed by atoms with Gasteiger partial charge in [-0.3, -0.25) is 0 Å². The first-order valence-electron chi connectivity index (χ1n) is 5.67. The van der Waals surface area contributed by atoms with Gasteiger partial charge in [-0.25, -0.2) is 8.42 Å². The predicted octanol–water partition coefficient (Wildman–Crippen LogP) is 2.24. The standard InChI is InChI=1S/C12H16ClNO2S/c1-10-4-2-3-5-12(10)17(15,16)14-7-6-11(8-13)9-14/h2-5,11H,6-9H2,1H3. The highest BCUT2D eigenvalue weighted by Gasteiger charge is 2.32. The van der Waals surface area contributed by atoms with Gasteiger partial charge in [-0.1, -0.05) is 18.2 Å². The number of nitrogens with zero attached hydrogens (tertiary/aromatic N) is 1. The fraction of sp³-hybridized carbons (Fsp3) is 0.500. The zero-order valence-electron chi connectivity index (χ0n) is 9.77. The molecule has 2 rings (SSSR count). The highest BCUT2D eigenvalue weighted by molar-refractivity contribution is 7.89. The molecule has 1 aliphatic heterocycles. The van der Waals surface area contributed by atoms with Crippen LogP contribution in [0.3, 0.4) is 0 Å². The Labute approximate surface area is 107 Å². The quantitative estimate of drug-likeness (QED) is 0.792. The second-order valence-corrected chi connectivity index (χ2v) is 6.65. The highest BCUT2D eigenvalue weighted by Crippen LogP contribution is 2.26. The van der Waals surface area contributed by atoms with Crippen LogP contribution in [0.25, 0.3) is 0 Å².